The summed E-state index contributed by atoms with van der Waals surface area (Å²) in [4.78, 5) is 24.2. The molecule has 0 spiro atoms. The molecule has 4 rings (SSSR count). The van der Waals surface area contributed by atoms with Crippen LogP contribution in [0.5, 0.6) is 0 Å². The van der Waals surface area contributed by atoms with Crippen LogP contribution in [0, 0.1) is 24.0 Å². The molecule has 2 N–H and O–H groups in total. The van der Waals surface area contributed by atoms with E-state index in [1.54, 1.807) is 18.3 Å². The van der Waals surface area contributed by atoms with E-state index in [9.17, 15) is 18.7 Å². The molecule has 3 aromatic rings. The van der Waals surface area contributed by atoms with Crippen LogP contribution in [0.2, 0.25) is 5.02 Å². The smallest absolute Gasteiger partial charge is 0.310 e. The van der Waals surface area contributed by atoms with Gasteiger partial charge in [0.25, 0.3) is 0 Å². The fraction of sp³-hybridized carbons (Fsp3) is 0.400. The summed E-state index contributed by atoms with van der Waals surface area (Å²) in [6.45, 7) is 6.49. The second kappa shape index (κ2) is 9.79. The topological polar surface area (TPSA) is 78.3 Å². The van der Waals surface area contributed by atoms with Crippen LogP contribution in [0.3, 0.4) is 0 Å². The Morgan fingerprint density at radius 2 is 2.06 bits per heavy atom. The third-order valence-corrected chi connectivity index (χ3v) is 7.73. The molecular formula is C25H27ClF2N4O2S. The third kappa shape index (κ3) is 5.47. The predicted octanol–water partition coefficient (Wildman–Crippen LogP) is 6.21. The lowest BCUT2D eigenvalue weighted by atomic mass is 9.68. The quantitative estimate of drug-likeness (QED) is 0.385. The Bertz CT molecular complexity index is 1250. The summed E-state index contributed by atoms with van der Waals surface area (Å²) in [5, 5.41) is 14.0. The highest BCUT2D eigenvalue weighted by molar-refractivity contribution is 7.15. The van der Waals surface area contributed by atoms with Gasteiger partial charge in [0.05, 0.1) is 16.1 Å². The molecule has 1 aromatic carbocycles. The monoisotopic (exact) mass is 520 g/mol. The van der Waals surface area contributed by atoms with Gasteiger partial charge in [0.2, 0.25) is 0 Å². The Morgan fingerprint density at radius 3 is 2.71 bits per heavy atom. The summed E-state index contributed by atoms with van der Waals surface area (Å²) >= 11 is 7.38. The van der Waals surface area contributed by atoms with Crippen LogP contribution < -0.4 is 5.32 Å². The van der Waals surface area contributed by atoms with Crippen molar-refractivity contribution < 1.29 is 18.7 Å². The minimum absolute atomic E-state index is 0.0522. The van der Waals surface area contributed by atoms with Crippen LogP contribution in [0.4, 0.5) is 19.7 Å². The van der Waals surface area contributed by atoms with E-state index in [4.69, 9.17) is 11.6 Å². The highest BCUT2D eigenvalue weighted by Crippen LogP contribution is 2.44. The Labute approximate surface area is 212 Å². The summed E-state index contributed by atoms with van der Waals surface area (Å²) in [6, 6.07) is 7.68. The number of carbonyl (C=O) groups is 1. The maximum Gasteiger partial charge on any atom is 0.310 e. The number of anilines is 2. The van der Waals surface area contributed by atoms with Gasteiger partial charge in [-0.2, -0.15) is 0 Å². The van der Waals surface area contributed by atoms with E-state index in [-0.39, 0.29) is 30.0 Å². The highest BCUT2D eigenvalue weighted by Gasteiger charge is 2.49. The lowest BCUT2D eigenvalue weighted by Gasteiger charge is -2.50. The fourth-order valence-corrected chi connectivity index (χ4v) is 5.64. The van der Waals surface area contributed by atoms with Gasteiger partial charge in [0.1, 0.15) is 17.5 Å². The van der Waals surface area contributed by atoms with Crippen LogP contribution in [0.15, 0.2) is 36.5 Å². The molecule has 1 atom stereocenters. The molecule has 0 saturated carbocycles. The van der Waals surface area contributed by atoms with Crippen molar-refractivity contribution in [2.75, 3.05) is 11.9 Å². The molecule has 2 aromatic heterocycles. The minimum Gasteiger partial charge on any atom is -0.481 e. The molecule has 0 amide bonds. The number of nitrogens with zero attached hydrogens (tertiary/aromatic N) is 3. The zero-order valence-corrected chi connectivity index (χ0v) is 21.3. The van der Waals surface area contributed by atoms with Gasteiger partial charge in [-0.1, -0.05) is 23.7 Å². The summed E-state index contributed by atoms with van der Waals surface area (Å²) < 4.78 is 29.3. The van der Waals surface area contributed by atoms with Crippen molar-refractivity contribution >= 4 is 39.9 Å². The van der Waals surface area contributed by atoms with Gasteiger partial charge in [0, 0.05) is 41.7 Å². The molecule has 10 heteroatoms. The molecule has 1 aliphatic heterocycles. The molecule has 1 fully saturated rings. The van der Waals surface area contributed by atoms with E-state index in [0.717, 1.165) is 4.88 Å². The fourth-order valence-electron chi connectivity index (χ4n) is 4.78. The van der Waals surface area contributed by atoms with Crippen LogP contribution in [0.1, 0.15) is 42.8 Å². The molecule has 1 unspecified atom stereocenters. The molecule has 0 bridgehead atoms. The summed E-state index contributed by atoms with van der Waals surface area (Å²) in [7, 11) is 0. The van der Waals surface area contributed by atoms with Gasteiger partial charge in [-0.3, -0.25) is 9.69 Å². The maximum atomic E-state index is 14.8. The lowest BCUT2D eigenvalue weighted by Crippen LogP contribution is -2.56. The van der Waals surface area contributed by atoms with Crippen molar-refractivity contribution in [2.45, 2.75) is 52.1 Å². The lowest BCUT2D eigenvalue weighted by molar-refractivity contribution is -0.156. The predicted molar refractivity (Wildman–Crippen MR) is 133 cm³/mol. The van der Waals surface area contributed by atoms with Gasteiger partial charge >= 0.3 is 5.97 Å². The van der Waals surface area contributed by atoms with Crippen molar-refractivity contribution in [2.24, 2.45) is 5.41 Å². The Balaban J connectivity index is 1.56. The Kier molecular flexibility index (Phi) is 7.13. The average Bonchev–Trinajstić information content (AvgIpc) is 3.19. The maximum absolute atomic E-state index is 14.8. The van der Waals surface area contributed by atoms with Gasteiger partial charge in [-0.05, 0) is 51.8 Å². The first-order chi connectivity index (χ1) is 16.5. The Hall–Kier alpha value is -2.62. The van der Waals surface area contributed by atoms with Crippen molar-refractivity contribution in [3.63, 3.8) is 0 Å². The van der Waals surface area contributed by atoms with Crippen molar-refractivity contribution in [3.8, 4) is 0 Å². The number of piperidine rings is 1. The number of nitrogens with one attached hydrogen (secondary N) is 1. The number of likely N-dealkylation sites (tertiary alicyclic amines) is 1. The van der Waals surface area contributed by atoms with Crippen LogP contribution in [-0.2, 0) is 17.8 Å². The van der Waals surface area contributed by atoms with Crippen LogP contribution >= 0.6 is 22.9 Å². The number of thiazole rings is 1. The zero-order chi connectivity index (χ0) is 25.4. The standard InChI is InChI=1S/C25H27ClF2N4O2S/c1-15-12-29-23(35-15)31-20-8-7-18(27)19(30-20)11-25(22(33)34)9-10-32(24(2,3)14-25)13-16-5-4-6-17(26)21(16)28/h4-8,12H,9-11,13-14H2,1-3H3,(H,33,34)(H,29,30,31). The molecule has 186 valence electrons. The van der Waals surface area contributed by atoms with Crippen molar-refractivity contribution in [3.05, 3.63) is 69.3 Å². The zero-order valence-electron chi connectivity index (χ0n) is 19.7. The van der Waals surface area contributed by atoms with E-state index in [2.05, 4.69) is 20.2 Å². The number of aromatic nitrogens is 2. The first-order valence-corrected chi connectivity index (χ1v) is 12.4. The number of rotatable bonds is 7. The van der Waals surface area contributed by atoms with E-state index in [1.807, 2.05) is 20.8 Å². The number of aryl methyl sites for hydroxylation is 1. The van der Waals surface area contributed by atoms with Crippen LogP contribution in [-0.4, -0.2) is 38.0 Å². The number of pyridine rings is 1. The number of hydrogen-bond acceptors (Lipinski definition) is 6. The number of aliphatic carboxylic acids is 1. The van der Waals surface area contributed by atoms with Gasteiger partial charge in [-0.15, -0.1) is 11.3 Å². The number of carboxylic acids is 1. The SMILES string of the molecule is Cc1cnc(Nc2ccc(F)c(CC3(C(=O)O)CCN(Cc4cccc(Cl)c4F)C(C)(C)C3)n2)s1. The summed E-state index contributed by atoms with van der Waals surface area (Å²) in [5.41, 5.74) is -1.25. The Morgan fingerprint density at radius 1 is 1.29 bits per heavy atom. The molecule has 35 heavy (non-hydrogen) atoms. The highest BCUT2D eigenvalue weighted by atomic mass is 35.5. The van der Waals surface area contributed by atoms with Gasteiger partial charge in [-0.25, -0.2) is 18.7 Å². The molecule has 1 aliphatic rings. The van der Waals surface area contributed by atoms with Gasteiger partial charge in [0.15, 0.2) is 5.13 Å². The minimum atomic E-state index is -1.21. The second-order valence-electron chi connectivity index (χ2n) is 9.66. The summed E-state index contributed by atoms with van der Waals surface area (Å²) in [5.74, 6) is -1.60. The van der Waals surface area contributed by atoms with E-state index in [1.165, 1.54) is 29.5 Å². The normalized spacial score (nSPS) is 20.1. The van der Waals surface area contributed by atoms with Crippen molar-refractivity contribution in [1.29, 1.82) is 0 Å². The number of hydrogen-bond donors (Lipinski definition) is 2. The molecule has 1 saturated heterocycles. The number of carboxylic acid groups (broad SMARTS) is 1. The first kappa shape index (κ1) is 25.5. The number of halogens is 3. The largest absolute Gasteiger partial charge is 0.481 e. The van der Waals surface area contributed by atoms with Crippen molar-refractivity contribution in [1.82, 2.24) is 14.9 Å². The van der Waals surface area contributed by atoms with E-state index < -0.39 is 28.6 Å². The molecule has 3 heterocycles. The summed E-state index contributed by atoms with van der Waals surface area (Å²) in [6.07, 6.45) is 2.20. The molecule has 6 nitrogen and oxygen atoms in total. The van der Waals surface area contributed by atoms with E-state index >= 15 is 0 Å². The second-order valence-corrected chi connectivity index (χ2v) is 11.3. The third-order valence-electron chi connectivity index (χ3n) is 6.61. The number of benzene rings is 1. The van der Waals surface area contributed by atoms with Crippen LogP contribution in [0.25, 0.3) is 0 Å². The van der Waals surface area contributed by atoms with E-state index in [0.29, 0.717) is 29.6 Å². The molecular weight excluding hydrogens is 494 g/mol. The molecule has 0 aliphatic carbocycles. The van der Waals surface area contributed by atoms with Gasteiger partial charge < -0.3 is 10.4 Å². The first-order valence-electron chi connectivity index (χ1n) is 11.3. The average molecular weight is 521 g/mol. The molecule has 0 radical (unpaired) electrons.